The summed E-state index contributed by atoms with van der Waals surface area (Å²) in [5, 5.41) is 3.29. The zero-order valence-electron chi connectivity index (χ0n) is 13.0. The van der Waals surface area contributed by atoms with Crippen molar-refractivity contribution in [1.82, 2.24) is 0 Å². The number of sulfonamides is 1. The monoisotopic (exact) mass is 364 g/mol. The maximum Gasteiger partial charge on any atom is 0.262 e. The number of hydrogen-bond acceptors (Lipinski definition) is 3. The number of aryl methyl sites for hydroxylation is 1. The van der Waals surface area contributed by atoms with Gasteiger partial charge in [0, 0.05) is 22.3 Å². The maximum absolute atomic E-state index is 12.6. The van der Waals surface area contributed by atoms with E-state index in [1.807, 2.05) is 0 Å². The maximum atomic E-state index is 12.6. The minimum atomic E-state index is -3.76. The molecule has 0 saturated heterocycles. The van der Waals surface area contributed by atoms with E-state index >= 15 is 0 Å². The average Bonchev–Trinajstić information content (AvgIpc) is 3.36. The van der Waals surface area contributed by atoms with E-state index in [1.54, 1.807) is 43.3 Å². The van der Waals surface area contributed by atoms with Gasteiger partial charge in [0.1, 0.15) is 0 Å². The van der Waals surface area contributed by atoms with E-state index in [-0.39, 0.29) is 16.7 Å². The van der Waals surface area contributed by atoms with Crippen molar-refractivity contribution in [2.24, 2.45) is 5.92 Å². The smallest absolute Gasteiger partial charge is 0.262 e. The quantitative estimate of drug-likeness (QED) is 0.847. The van der Waals surface area contributed by atoms with Gasteiger partial charge in [0.2, 0.25) is 5.91 Å². The van der Waals surface area contributed by atoms with Gasteiger partial charge in [-0.15, -0.1) is 0 Å². The molecule has 1 aliphatic carbocycles. The molecule has 3 rings (SSSR count). The Bertz CT molecular complexity index is 875. The van der Waals surface area contributed by atoms with Gasteiger partial charge in [-0.1, -0.05) is 17.7 Å². The second kappa shape index (κ2) is 6.45. The summed E-state index contributed by atoms with van der Waals surface area (Å²) in [6.45, 7) is 1.71. The van der Waals surface area contributed by atoms with E-state index in [4.69, 9.17) is 11.6 Å². The van der Waals surface area contributed by atoms with Gasteiger partial charge in [0.15, 0.2) is 0 Å². The van der Waals surface area contributed by atoms with E-state index < -0.39 is 10.0 Å². The lowest BCUT2D eigenvalue weighted by molar-refractivity contribution is -0.117. The molecule has 0 bridgehead atoms. The summed E-state index contributed by atoms with van der Waals surface area (Å²) in [6.07, 6.45) is 1.78. The first-order valence-electron chi connectivity index (χ1n) is 7.55. The molecule has 0 radical (unpaired) electrons. The van der Waals surface area contributed by atoms with Crippen molar-refractivity contribution in [2.75, 3.05) is 10.0 Å². The largest absolute Gasteiger partial charge is 0.326 e. The van der Waals surface area contributed by atoms with Gasteiger partial charge in [-0.05, 0) is 61.7 Å². The number of anilines is 2. The Labute approximate surface area is 146 Å². The minimum absolute atomic E-state index is 0.0542. The van der Waals surface area contributed by atoms with Crippen LogP contribution in [-0.4, -0.2) is 14.3 Å². The highest BCUT2D eigenvalue weighted by molar-refractivity contribution is 7.92. The number of halogens is 1. The first kappa shape index (κ1) is 16.8. The van der Waals surface area contributed by atoms with Crippen LogP contribution in [0.3, 0.4) is 0 Å². The molecule has 1 aliphatic rings. The Kier molecular flexibility index (Phi) is 4.51. The minimum Gasteiger partial charge on any atom is -0.326 e. The molecule has 2 aromatic rings. The third kappa shape index (κ3) is 3.88. The second-order valence-corrected chi connectivity index (χ2v) is 7.94. The van der Waals surface area contributed by atoms with Crippen LogP contribution >= 0.6 is 11.6 Å². The number of hydrogen-bond donors (Lipinski definition) is 2. The molecule has 0 unspecified atom stereocenters. The number of benzene rings is 2. The molecule has 2 N–H and O–H groups in total. The standard InChI is InChI=1S/C17H17ClN2O3S/c1-11-2-7-15(19-17(21)12-3-4-12)10-16(11)24(22,23)20-14-8-5-13(18)6-9-14/h2,5-10,12,20H,3-4H2,1H3,(H,19,21). The third-order valence-electron chi connectivity index (χ3n) is 3.79. The molecule has 24 heavy (non-hydrogen) atoms. The molecule has 126 valence electrons. The van der Waals surface area contributed by atoms with Crippen molar-refractivity contribution in [3.63, 3.8) is 0 Å². The van der Waals surface area contributed by atoms with Crippen LogP contribution in [0.4, 0.5) is 11.4 Å². The summed E-state index contributed by atoms with van der Waals surface area (Å²) in [4.78, 5) is 12.0. The van der Waals surface area contributed by atoms with E-state index in [2.05, 4.69) is 10.0 Å². The number of rotatable bonds is 5. The van der Waals surface area contributed by atoms with Crippen LogP contribution in [0.2, 0.25) is 5.02 Å². The van der Waals surface area contributed by atoms with Crippen LogP contribution in [0.25, 0.3) is 0 Å². The van der Waals surface area contributed by atoms with E-state index in [9.17, 15) is 13.2 Å². The fourth-order valence-corrected chi connectivity index (χ4v) is 3.74. The molecule has 1 saturated carbocycles. The highest BCUT2D eigenvalue weighted by Crippen LogP contribution is 2.31. The van der Waals surface area contributed by atoms with Gasteiger partial charge in [-0.2, -0.15) is 0 Å². The number of carbonyl (C=O) groups is 1. The van der Waals surface area contributed by atoms with Crippen LogP contribution < -0.4 is 10.0 Å². The molecule has 0 spiro atoms. The number of carbonyl (C=O) groups excluding carboxylic acids is 1. The highest BCUT2D eigenvalue weighted by atomic mass is 35.5. The Morgan fingerprint density at radius 2 is 1.71 bits per heavy atom. The summed E-state index contributed by atoms with van der Waals surface area (Å²) in [5.74, 6) is -0.00795. The van der Waals surface area contributed by atoms with Crippen molar-refractivity contribution >= 4 is 38.9 Å². The van der Waals surface area contributed by atoms with Gasteiger partial charge in [0.25, 0.3) is 10.0 Å². The van der Waals surface area contributed by atoms with Gasteiger partial charge in [-0.25, -0.2) is 8.42 Å². The molecule has 0 heterocycles. The highest BCUT2D eigenvalue weighted by Gasteiger charge is 2.29. The van der Waals surface area contributed by atoms with E-state index in [0.29, 0.717) is 22.0 Å². The predicted octanol–water partition coefficient (Wildman–Crippen LogP) is 3.80. The van der Waals surface area contributed by atoms with Crippen LogP contribution in [0, 0.1) is 12.8 Å². The summed E-state index contributed by atoms with van der Waals surface area (Å²) < 4.78 is 27.8. The van der Waals surface area contributed by atoms with Crippen molar-refractivity contribution in [3.05, 3.63) is 53.1 Å². The SMILES string of the molecule is Cc1ccc(NC(=O)C2CC2)cc1S(=O)(=O)Nc1ccc(Cl)cc1. The molecule has 7 heteroatoms. The van der Waals surface area contributed by atoms with E-state index in [1.165, 1.54) is 6.07 Å². The van der Waals surface area contributed by atoms with Crippen molar-refractivity contribution in [2.45, 2.75) is 24.7 Å². The first-order valence-corrected chi connectivity index (χ1v) is 9.41. The zero-order chi connectivity index (χ0) is 17.3. The van der Waals surface area contributed by atoms with Gasteiger partial charge >= 0.3 is 0 Å². The summed E-state index contributed by atoms with van der Waals surface area (Å²) in [5.41, 5.74) is 1.50. The topological polar surface area (TPSA) is 75.3 Å². The fraction of sp³-hybridized carbons (Fsp3) is 0.235. The predicted molar refractivity (Wildman–Crippen MR) is 94.8 cm³/mol. The molecule has 1 amide bonds. The normalized spacial score (nSPS) is 14.2. The molecule has 5 nitrogen and oxygen atoms in total. The Balaban J connectivity index is 1.85. The second-order valence-electron chi connectivity index (χ2n) is 5.86. The number of nitrogens with one attached hydrogen (secondary N) is 2. The van der Waals surface area contributed by atoms with Gasteiger partial charge in [-0.3, -0.25) is 9.52 Å². The van der Waals surface area contributed by atoms with Crippen molar-refractivity contribution in [1.29, 1.82) is 0 Å². The van der Waals surface area contributed by atoms with Crippen LogP contribution in [0.5, 0.6) is 0 Å². The van der Waals surface area contributed by atoms with Crippen molar-refractivity contribution in [3.8, 4) is 0 Å². The van der Waals surface area contributed by atoms with Gasteiger partial charge in [0.05, 0.1) is 4.90 Å². The summed E-state index contributed by atoms with van der Waals surface area (Å²) in [6, 6.07) is 11.3. The lowest BCUT2D eigenvalue weighted by Gasteiger charge is -2.12. The number of amides is 1. The van der Waals surface area contributed by atoms with Crippen LogP contribution in [0.15, 0.2) is 47.4 Å². The van der Waals surface area contributed by atoms with Crippen LogP contribution in [0.1, 0.15) is 18.4 Å². The molecular formula is C17H17ClN2O3S. The molecular weight excluding hydrogens is 348 g/mol. The summed E-state index contributed by atoms with van der Waals surface area (Å²) >= 11 is 5.81. The molecule has 0 aromatic heterocycles. The van der Waals surface area contributed by atoms with E-state index in [0.717, 1.165) is 12.8 Å². The molecule has 0 aliphatic heterocycles. The Morgan fingerprint density at radius 1 is 1.08 bits per heavy atom. The van der Waals surface area contributed by atoms with Crippen molar-refractivity contribution < 1.29 is 13.2 Å². The lowest BCUT2D eigenvalue weighted by atomic mass is 10.2. The van der Waals surface area contributed by atoms with Gasteiger partial charge < -0.3 is 5.32 Å². The molecule has 1 fully saturated rings. The summed E-state index contributed by atoms with van der Waals surface area (Å²) in [7, 11) is -3.76. The average molecular weight is 365 g/mol. The first-order chi connectivity index (χ1) is 11.3. The fourth-order valence-electron chi connectivity index (χ4n) is 2.29. The molecule has 2 aromatic carbocycles. The zero-order valence-corrected chi connectivity index (χ0v) is 14.6. The lowest BCUT2D eigenvalue weighted by Crippen LogP contribution is -2.16. The van der Waals surface area contributed by atoms with Crippen LogP contribution in [-0.2, 0) is 14.8 Å². The Morgan fingerprint density at radius 3 is 2.33 bits per heavy atom. The molecule has 0 atom stereocenters. The third-order valence-corrected chi connectivity index (χ3v) is 5.57. The Hall–Kier alpha value is -2.05.